The molecule has 1 aliphatic rings. The van der Waals surface area contributed by atoms with Crippen LogP contribution >= 0.6 is 0 Å². The molecule has 1 aromatic heterocycles. The molecule has 0 spiro atoms. The van der Waals surface area contributed by atoms with E-state index in [-0.39, 0.29) is 23.7 Å². The summed E-state index contributed by atoms with van der Waals surface area (Å²) in [6.07, 6.45) is 0.407. The Kier molecular flexibility index (Phi) is 6.28. The molecule has 2 heterocycles. The number of methoxy groups -OCH3 is 1. The van der Waals surface area contributed by atoms with Crippen LogP contribution in [0.4, 0.5) is 4.39 Å². The van der Waals surface area contributed by atoms with Gasteiger partial charge >= 0.3 is 0 Å². The number of ketones is 1. The maximum atomic E-state index is 13.3. The van der Waals surface area contributed by atoms with Crippen LogP contribution in [0.2, 0.25) is 0 Å². The summed E-state index contributed by atoms with van der Waals surface area (Å²) in [5.74, 6) is -0.428. The van der Waals surface area contributed by atoms with Crippen molar-refractivity contribution in [3.05, 3.63) is 93.7 Å². The fraction of sp³-hybridized carbons (Fsp3) is 0.259. The number of carbonyl (C=O) groups is 2. The van der Waals surface area contributed by atoms with Crippen molar-refractivity contribution >= 4 is 17.4 Å². The normalized spacial score (nSPS) is 17.4. The van der Waals surface area contributed by atoms with Crippen molar-refractivity contribution in [3.63, 3.8) is 0 Å². The number of aliphatic hydroxyl groups excluding tert-OH is 1. The van der Waals surface area contributed by atoms with Crippen molar-refractivity contribution in [1.82, 2.24) is 4.90 Å². The molecule has 0 aliphatic carbocycles. The van der Waals surface area contributed by atoms with Gasteiger partial charge in [-0.2, -0.15) is 0 Å². The van der Waals surface area contributed by atoms with Crippen molar-refractivity contribution in [2.45, 2.75) is 33.2 Å². The fourth-order valence-electron chi connectivity index (χ4n) is 4.32. The highest BCUT2D eigenvalue weighted by atomic mass is 19.1. The van der Waals surface area contributed by atoms with E-state index in [0.29, 0.717) is 34.8 Å². The van der Waals surface area contributed by atoms with Crippen molar-refractivity contribution in [3.8, 4) is 5.75 Å². The number of aryl methyl sites for hydroxylation is 3. The van der Waals surface area contributed by atoms with E-state index in [2.05, 4.69) is 0 Å². The van der Waals surface area contributed by atoms with Crippen molar-refractivity contribution in [2.75, 3.05) is 13.7 Å². The molecule has 0 bridgehead atoms. The maximum absolute atomic E-state index is 13.3. The topological polar surface area (TPSA) is 80.0 Å². The van der Waals surface area contributed by atoms with Crippen LogP contribution in [0, 0.1) is 26.6 Å². The summed E-state index contributed by atoms with van der Waals surface area (Å²) in [5.41, 5.74) is 2.73. The van der Waals surface area contributed by atoms with Crippen molar-refractivity contribution in [1.29, 1.82) is 0 Å². The number of carbonyl (C=O) groups excluding carboxylic acids is 2. The number of furan rings is 1. The molecule has 6 nitrogen and oxygen atoms in total. The number of rotatable bonds is 6. The summed E-state index contributed by atoms with van der Waals surface area (Å²) in [7, 11) is 1.56. The number of likely N-dealkylation sites (tertiary alicyclic amines) is 1. The van der Waals surface area contributed by atoms with Crippen LogP contribution in [0.5, 0.6) is 5.75 Å². The van der Waals surface area contributed by atoms with E-state index in [1.165, 1.54) is 17.0 Å². The molecule has 176 valence electrons. The molecule has 0 saturated carbocycles. The first-order valence-corrected chi connectivity index (χ1v) is 11.0. The van der Waals surface area contributed by atoms with E-state index in [4.69, 9.17) is 9.15 Å². The van der Waals surface area contributed by atoms with Gasteiger partial charge < -0.3 is 19.2 Å². The predicted octanol–water partition coefficient (Wildman–Crippen LogP) is 5.02. The first-order chi connectivity index (χ1) is 16.2. The lowest BCUT2D eigenvalue weighted by atomic mass is 9.95. The highest BCUT2D eigenvalue weighted by molar-refractivity contribution is 6.46. The minimum Gasteiger partial charge on any atom is -0.507 e. The number of hydrogen-bond donors (Lipinski definition) is 1. The smallest absolute Gasteiger partial charge is 0.295 e. The van der Waals surface area contributed by atoms with Crippen LogP contribution in [0.25, 0.3) is 5.76 Å². The third kappa shape index (κ3) is 4.21. The summed E-state index contributed by atoms with van der Waals surface area (Å²) >= 11 is 0. The molecule has 1 fully saturated rings. The molecule has 1 N–H and O–H groups in total. The lowest BCUT2D eigenvalue weighted by Gasteiger charge is -2.23. The standard InChI is InChI=1S/C27H26FNO5/c1-15-14-22(33-4)16(2)13-20(15)25(30)23-24(21-10-5-17(3)34-21)29(27(32)26(23)31)12-11-18-6-8-19(28)9-7-18/h5-10,13-14,24,30H,11-12H2,1-4H3/b25-23+. The van der Waals surface area contributed by atoms with Crippen LogP contribution in [0.1, 0.15) is 39.8 Å². The number of hydrogen-bond acceptors (Lipinski definition) is 5. The third-order valence-electron chi connectivity index (χ3n) is 6.12. The van der Waals surface area contributed by atoms with E-state index < -0.39 is 17.7 Å². The van der Waals surface area contributed by atoms with Gasteiger partial charge in [0.1, 0.15) is 34.9 Å². The van der Waals surface area contributed by atoms with Crippen LogP contribution in [-0.4, -0.2) is 35.4 Å². The predicted molar refractivity (Wildman–Crippen MR) is 125 cm³/mol. The van der Waals surface area contributed by atoms with E-state index >= 15 is 0 Å². The van der Waals surface area contributed by atoms with Crippen LogP contribution in [-0.2, 0) is 16.0 Å². The zero-order chi connectivity index (χ0) is 24.6. The Bertz CT molecular complexity index is 1290. The van der Waals surface area contributed by atoms with Gasteiger partial charge in [0.15, 0.2) is 0 Å². The average molecular weight is 464 g/mol. The van der Waals surface area contributed by atoms with Crippen molar-refractivity contribution < 1.29 is 28.2 Å². The molecule has 0 radical (unpaired) electrons. The van der Waals surface area contributed by atoms with E-state index in [1.54, 1.807) is 57.4 Å². The summed E-state index contributed by atoms with van der Waals surface area (Å²) in [6.45, 7) is 5.60. The molecule has 3 aromatic rings. The molecular weight excluding hydrogens is 437 g/mol. The van der Waals surface area contributed by atoms with Crippen LogP contribution in [0.15, 0.2) is 58.5 Å². The number of benzene rings is 2. The van der Waals surface area contributed by atoms with Gasteiger partial charge in [0.2, 0.25) is 0 Å². The molecule has 4 rings (SSSR count). The lowest BCUT2D eigenvalue weighted by molar-refractivity contribution is -0.140. The first kappa shape index (κ1) is 23.3. The van der Waals surface area contributed by atoms with Gasteiger partial charge in [-0.25, -0.2) is 4.39 Å². The van der Waals surface area contributed by atoms with E-state index in [9.17, 15) is 19.1 Å². The fourth-order valence-corrected chi connectivity index (χ4v) is 4.32. The van der Waals surface area contributed by atoms with Gasteiger partial charge in [0.05, 0.1) is 12.7 Å². The zero-order valence-electron chi connectivity index (χ0n) is 19.5. The molecule has 34 heavy (non-hydrogen) atoms. The summed E-state index contributed by atoms with van der Waals surface area (Å²) in [6, 6.07) is 12.1. The molecule has 7 heteroatoms. The Hall–Kier alpha value is -3.87. The third-order valence-corrected chi connectivity index (χ3v) is 6.12. The Morgan fingerprint density at radius 2 is 1.76 bits per heavy atom. The first-order valence-electron chi connectivity index (χ1n) is 11.0. The highest BCUT2D eigenvalue weighted by Gasteiger charge is 2.47. The van der Waals surface area contributed by atoms with Crippen LogP contribution < -0.4 is 4.74 Å². The Morgan fingerprint density at radius 1 is 1.06 bits per heavy atom. The van der Waals surface area contributed by atoms with Gasteiger partial charge in [-0.1, -0.05) is 12.1 Å². The minimum absolute atomic E-state index is 0.0221. The second-order valence-corrected chi connectivity index (χ2v) is 8.45. The van der Waals surface area contributed by atoms with Crippen molar-refractivity contribution in [2.24, 2.45) is 0 Å². The van der Waals surface area contributed by atoms with Gasteiger partial charge in [0.25, 0.3) is 11.7 Å². The molecule has 2 aromatic carbocycles. The maximum Gasteiger partial charge on any atom is 0.295 e. The van der Waals surface area contributed by atoms with Gasteiger partial charge in [-0.15, -0.1) is 0 Å². The number of nitrogens with zero attached hydrogens (tertiary/aromatic N) is 1. The SMILES string of the molecule is COc1cc(C)c(/C(O)=C2\C(=O)C(=O)N(CCc3ccc(F)cc3)C2c2ccc(C)o2)cc1C. The molecule has 1 amide bonds. The monoisotopic (exact) mass is 463 g/mol. The molecule has 1 unspecified atom stereocenters. The second-order valence-electron chi connectivity index (χ2n) is 8.45. The highest BCUT2D eigenvalue weighted by Crippen LogP contribution is 2.41. The molecule has 1 aliphatic heterocycles. The van der Waals surface area contributed by atoms with Gasteiger partial charge in [0, 0.05) is 12.1 Å². The molecular formula is C27H26FNO5. The zero-order valence-corrected chi connectivity index (χ0v) is 19.5. The lowest BCUT2D eigenvalue weighted by Crippen LogP contribution is -2.31. The largest absolute Gasteiger partial charge is 0.507 e. The summed E-state index contributed by atoms with van der Waals surface area (Å²) in [5, 5.41) is 11.3. The Labute approximate surface area is 197 Å². The van der Waals surface area contributed by atoms with Crippen LogP contribution in [0.3, 0.4) is 0 Å². The Balaban J connectivity index is 1.79. The van der Waals surface area contributed by atoms with Gasteiger partial charge in [-0.05, 0) is 80.3 Å². The second kappa shape index (κ2) is 9.17. The average Bonchev–Trinajstić information content (AvgIpc) is 3.35. The van der Waals surface area contributed by atoms with E-state index in [1.807, 2.05) is 6.92 Å². The molecule has 1 atom stereocenters. The summed E-state index contributed by atoms with van der Waals surface area (Å²) < 4.78 is 24.4. The molecule has 1 saturated heterocycles. The number of aliphatic hydroxyl groups is 1. The quantitative estimate of drug-likeness (QED) is 0.316. The number of halogens is 1. The number of Topliss-reactive ketones (excluding diaryl/α,β-unsaturated/α-hetero) is 1. The van der Waals surface area contributed by atoms with Gasteiger partial charge in [-0.3, -0.25) is 9.59 Å². The Morgan fingerprint density at radius 3 is 2.38 bits per heavy atom. The summed E-state index contributed by atoms with van der Waals surface area (Å²) in [4.78, 5) is 27.7. The minimum atomic E-state index is -0.879. The number of amides is 1. The number of ether oxygens (including phenoxy) is 1. The van der Waals surface area contributed by atoms with E-state index in [0.717, 1.165) is 11.1 Å².